The Bertz CT molecular complexity index is 1230. The number of hydrogen-bond donors (Lipinski definition) is 1. The smallest absolute Gasteiger partial charge is 0.410 e. The quantitative estimate of drug-likeness (QED) is 0.606. The van der Waals surface area contributed by atoms with E-state index in [0.717, 1.165) is 16.3 Å². The molecule has 0 radical (unpaired) electrons. The van der Waals surface area contributed by atoms with Gasteiger partial charge in [-0.3, -0.25) is 19.3 Å². The molecule has 2 atom stereocenters. The predicted molar refractivity (Wildman–Crippen MR) is 142 cm³/mol. The molecule has 3 aliphatic rings. The number of rotatable bonds is 4. The summed E-state index contributed by atoms with van der Waals surface area (Å²) < 4.78 is 10.9. The summed E-state index contributed by atoms with van der Waals surface area (Å²) in [5.41, 5.74) is 1.68. The van der Waals surface area contributed by atoms with Crippen LogP contribution < -0.4 is 10.1 Å². The molecule has 12 heteroatoms. The van der Waals surface area contributed by atoms with Crippen molar-refractivity contribution in [3.8, 4) is 5.75 Å². The van der Waals surface area contributed by atoms with E-state index in [1.165, 1.54) is 16.2 Å². The second-order valence-corrected chi connectivity index (χ2v) is 11.1. The standard InChI is InChI=1S/C27H33N5O6S/c1-18-29-20(17-39-18)13-24(33)30-7-3-10-37-21-5-2-4-19(12-21)22-14-32(15-23(22)26(35)28-6-8-30)25(34)16-31-9-11-38-27(31)36/h2,4-5,12,17,22-23H,3,6-11,13-16H2,1H3,(H,28,35)/t22-,23+/m1/s1. The molecule has 39 heavy (non-hydrogen) atoms. The van der Waals surface area contributed by atoms with Gasteiger partial charge in [-0.05, 0) is 31.0 Å². The van der Waals surface area contributed by atoms with Crippen molar-refractivity contribution in [2.45, 2.75) is 25.7 Å². The van der Waals surface area contributed by atoms with E-state index in [1.807, 2.05) is 36.6 Å². The lowest BCUT2D eigenvalue weighted by Gasteiger charge is -2.25. The van der Waals surface area contributed by atoms with E-state index in [9.17, 15) is 19.2 Å². The topological polar surface area (TPSA) is 121 Å². The van der Waals surface area contributed by atoms with Crippen LogP contribution in [0.5, 0.6) is 5.75 Å². The normalized spacial score (nSPS) is 22.0. The lowest BCUT2D eigenvalue weighted by Crippen LogP contribution is -2.43. The molecule has 11 nitrogen and oxygen atoms in total. The number of ether oxygens (including phenoxy) is 2. The van der Waals surface area contributed by atoms with Gasteiger partial charge in [-0.1, -0.05) is 12.1 Å². The summed E-state index contributed by atoms with van der Waals surface area (Å²) in [6.45, 7) is 4.72. The van der Waals surface area contributed by atoms with Crippen molar-refractivity contribution in [2.24, 2.45) is 5.92 Å². The number of aryl methyl sites for hydroxylation is 1. The van der Waals surface area contributed by atoms with Crippen molar-refractivity contribution in [2.75, 3.05) is 59.0 Å². The van der Waals surface area contributed by atoms with E-state index >= 15 is 0 Å². The molecule has 1 aromatic carbocycles. The van der Waals surface area contributed by atoms with Gasteiger partial charge in [-0.2, -0.15) is 0 Å². The largest absolute Gasteiger partial charge is 0.494 e. The average Bonchev–Trinajstić information content (AvgIpc) is 3.65. The molecule has 0 aliphatic carbocycles. The van der Waals surface area contributed by atoms with Crippen molar-refractivity contribution in [3.63, 3.8) is 0 Å². The minimum atomic E-state index is -0.493. The molecule has 3 aliphatic heterocycles. The van der Waals surface area contributed by atoms with E-state index in [0.29, 0.717) is 51.5 Å². The van der Waals surface area contributed by atoms with E-state index in [-0.39, 0.29) is 49.8 Å². The molecule has 5 rings (SSSR count). The van der Waals surface area contributed by atoms with Gasteiger partial charge in [0.1, 0.15) is 18.9 Å². The van der Waals surface area contributed by atoms with Crippen LogP contribution in [0.3, 0.4) is 0 Å². The van der Waals surface area contributed by atoms with Crippen LogP contribution >= 0.6 is 11.3 Å². The average molecular weight is 556 g/mol. The molecule has 1 N–H and O–H groups in total. The molecule has 0 unspecified atom stereocenters. The molecular weight excluding hydrogens is 522 g/mol. The number of amides is 4. The number of thiazole rings is 1. The number of hydrogen-bond acceptors (Lipinski definition) is 8. The zero-order chi connectivity index (χ0) is 27.4. The van der Waals surface area contributed by atoms with Crippen LogP contribution in [-0.2, 0) is 25.5 Å². The van der Waals surface area contributed by atoms with Crippen molar-refractivity contribution >= 4 is 35.2 Å². The van der Waals surface area contributed by atoms with Gasteiger partial charge >= 0.3 is 6.09 Å². The Morgan fingerprint density at radius 2 is 1.90 bits per heavy atom. The zero-order valence-corrected chi connectivity index (χ0v) is 22.8. The number of fused-ring (bicyclic) bond motifs is 4. The maximum atomic E-state index is 13.4. The second kappa shape index (κ2) is 12.0. The lowest BCUT2D eigenvalue weighted by molar-refractivity contribution is -0.132. The van der Waals surface area contributed by atoms with E-state index in [1.54, 1.807) is 9.80 Å². The number of benzene rings is 1. The van der Waals surface area contributed by atoms with Crippen LogP contribution in [0.4, 0.5) is 4.79 Å². The lowest BCUT2D eigenvalue weighted by atomic mass is 9.88. The molecule has 1 aromatic heterocycles. The van der Waals surface area contributed by atoms with Gasteiger partial charge in [0.2, 0.25) is 17.7 Å². The molecule has 0 spiro atoms. The minimum Gasteiger partial charge on any atom is -0.494 e. The summed E-state index contributed by atoms with van der Waals surface area (Å²) in [5, 5.41) is 5.82. The Hall–Kier alpha value is -3.67. The molecule has 4 heterocycles. The highest BCUT2D eigenvalue weighted by Crippen LogP contribution is 2.35. The Morgan fingerprint density at radius 3 is 2.67 bits per heavy atom. The van der Waals surface area contributed by atoms with Gasteiger partial charge in [0.05, 0.1) is 36.2 Å². The van der Waals surface area contributed by atoms with E-state index in [2.05, 4.69) is 10.3 Å². The van der Waals surface area contributed by atoms with Crippen LogP contribution in [-0.4, -0.2) is 103 Å². The molecule has 4 amide bonds. The highest BCUT2D eigenvalue weighted by Gasteiger charge is 2.41. The van der Waals surface area contributed by atoms with Crippen molar-refractivity contribution in [1.82, 2.24) is 25.0 Å². The molecular formula is C27H33N5O6S. The maximum Gasteiger partial charge on any atom is 0.410 e. The summed E-state index contributed by atoms with van der Waals surface area (Å²) >= 11 is 1.51. The van der Waals surface area contributed by atoms with Crippen molar-refractivity contribution in [3.05, 3.63) is 45.9 Å². The summed E-state index contributed by atoms with van der Waals surface area (Å²) in [5.74, 6) is -0.435. The number of nitrogens with one attached hydrogen (secondary N) is 1. The Labute approximate surface area is 231 Å². The van der Waals surface area contributed by atoms with E-state index in [4.69, 9.17) is 9.47 Å². The molecule has 2 fully saturated rings. The summed E-state index contributed by atoms with van der Waals surface area (Å²) in [6.07, 6.45) is 0.369. The van der Waals surface area contributed by atoms with Crippen LogP contribution in [0.2, 0.25) is 0 Å². The SMILES string of the molecule is Cc1nc(CC(=O)N2CCCOc3cccc(c3)[C@H]3CN(C(=O)CN4CCOC4=O)C[C@@H]3C(=O)NCC2)cs1. The molecule has 0 saturated carbocycles. The first-order valence-electron chi connectivity index (χ1n) is 13.3. The van der Waals surface area contributed by atoms with Gasteiger partial charge in [0.15, 0.2) is 0 Å². The third-order valence-corrected chi connectivity index (χ3v) is 8.16. The third kappa shape index (κ3) is 6.49. The van der Waals surface area contributed by atoms with Gasteiger partial charge in [-0.15, -0.1) is 11.3 Å². The number of nitrogens with zero attached hydrogens (tertiary/aromatic N) is 4. The first-order chi connectivity index (χ1) is 18.9. The molecule has 2 saturated heterocycles. The molecule has 2 bridgehead atoms. The Morgan fingerprint density at radius 1 is 1.05 bits per heavy atom. The number of aromatic nitrogens is 1. The van der Waals surface area contributed by atoms with Crippen LogP contribution in [0, 0.1) is 12.8 Å². The summed E-state index contributed by atoms with van der Waals surface area (Å²) in [4.78, 5) is 60.6. The highest BCUT2D eigenvalue weighted by molar-refractivity contribution is 7.09. The van der Waals surface area contributed by atoms with Crippen LogP contribution in [0.25, 0.3) is 0 Å². The van der Waals surface area contributed by atoms with Gasteiger partial charge in [0, 0.05) is 44.0 Å². The minimum absolute atomic E-state index is 0.0420. The second-order valence-electron chi connectivity index (χ2n) is 10.0. The summed E-state index contributed by atoms with van der Waals surface area (Å²) in [7, 11) is 0. The third-order valence-electron chi connectivity index (χ3n) is 7.34. The maximum absolute atomic E-state index is 13.4. The number of carbonyl (C=O) groups excluding carboxylic acids is 4. The van der Waals surface area contributed by atoms with Crippen molar-refractivity contribution < 1.29 is 28.7 Å². The summed E-state index contributed by atoms with van der Waals surface area (Å²) in [6, 6.07) is 7.64. The van der Waals surface area contributed by atoms with Gasteiger partial charge in [0.25, 0.3) is 0 Å². The molecule has 208 valence electrons. The fraction of sp³-hybridized carbons (Fsp3) is 0.519. The number of likely N-dealkylation sites (tertiary alicyclic amines) is 1. The fourth-order valence-corrected chi connectivity index (χ4v) is 5.90. The monoisotopic (exact) mass is 555 g/mol. The van der Waals surface area contributed by atoms with Gasteiger partial charge in [-0.25, -0.2) is 9.78 Å². The molecule has 2 aromatic rings. The number of carbonyl (C=O) groups is 4. The fourth-order valence-electron chi connectivity index (χ4n) is 5.29. The highest BCUT2D eigenvalue weighted by atomic mass is 32.1. The van der Waals surface area contributed by atoms with Crippen LogP contribution in [0.1, 0.15) is 28.6 Å². The van der Waals surface area contributed by atoms with Crippen molar-refractivity contribution in [1.29, 1.82) is 0 Å². The van der Waals surface area contributed by atoms with Crippen LogP contribution in [0.15, 0.2) is 29.6 Å². The Kier molecular flexibility index (Phi) is 8.30. The Balaban J connectivity index is 1.30. The number of cyclic esters (lactones) is 1. The first-order valence-corrected chi connectivity index (χ1v) is 14.1. The predicted octanol–water partition coefficient (Wildman–Crippen LogP) is 1.42. The first kappa shape index (κ1) is 26.9. The van der Waals surface area contributed by atoms with E-state index < -0.39 is 12.0 Å². The zero-order valence-electron chi connectivity index (χ0n) is 22.0. The van der Waals surface area contributed by atoms with Gasteiger partial charge < -0.3 is 24.6 Å².